The van der Waals surface area contributed by atoms with Gasteiger partial charge in [-0.15, -0.1) is 11.3 Å². The molecule has 3 aromatic rings. The monoisotopic (exact) mass is 302 g/mol. The molecule has 2 aromatic carbocycles. The van der Waals surface area contributed by atoms with Gasteiger partial charge in [0, 0.05) is 14.9 Å². The van der Waals surface area contributed by atoms with Crippen LogP contribution in [0.4, 0.5) is 0 Å². The molecule has 0 fully saturated rings. The lowest BCUT2D eigenvalue weighted by atomic mass is 10.0. The van der Waals surface area contributed by atoms with Crippen LogP contribution in [0.2, 0.25) is 0 Å². The summed E-state index contributed by atoms with van der Waals surface area (Å²) in [5.41, 5.74) is 2.63. The Morgan fingerprint density at radius 1 is 1.06 bits per heavy atom. The maximum atomic E-state index is 3.62. The van der Waals surface area contributed by atoms with Gasteiger partial charge < -0.3 is 0 Å². The number of thiophene rings is 1. The van der Waals surface area contributed by atoms with Crippen molar-refractivity contribution in [2.24, 2.45) is 0 Å². The molecule has 0 spiro atoms. The van der Waals surface area contributed by atoms with Crippen molar-refractivity contribution in [2.45, 2.75) is 6.92 Å². The lowest BCUT2D eigenvalue weighted by Crippen LogP contribution is -1.82. The van der Waals surface area contributed by atoms with Gasteiger partial charge in [0.2, 0.25) is 0 Å². The van der Waals surface area contributed by atoms with Crippen LogP contribution < -0.4 is 0 Å². The number of rotatable bonds is 1. The van der Waals surface area contributed by atoms with Gasteiger partial charge in [-0.25, -0.2) is 0 Å². The Labute approximate surface area is 113 Å². The SMILES string of the molecule is Cc1cc(-c2sccc2Br)c2ccccc2c1. The molecule has 2 heteroatoms. The summed E-state index contributed by atoms with van der Waals surface area (Å²) >= 11 is 5.40. The second-order valence-corrected chi connectivity index (χ2v) is 5.90. The minimum Gasteiger partial charge on any atom is -0.143 e. The molecular formula is C15H11BrS. The van der Waals surface area contributed by atoms with E-state index in [-0.39, 0.29) is 0 Å². The van der Waals surface area contributed by atoms with Crippen LogP contribution in [0.3, 0.4) is 0 Å². The number of halogens is 1. The highest BCUT2D eigenvalue weighted by atomic mass is 79.9. The maximum Gasteiger partial charge on any atom is 0.0491 e. The van der Waals surface area contributed by atoms with Crippen LogP contribution >= 0.6 is 27.3 Å². The van der Waals surface area contributed by atoms with E-state index in [0.717, 1.165) is 0 Å². The van der Waals surface area contributed by atoms with E-state index >= 15 is 0 Å². The summed E-state index contributed by atoms with van der Waals surface area (Å²) in [6.07, 6.45) is 0. The fraction of sp³-hybridized carbons (Fsp3) is 0.0667. The van der Waals surface area contributed by atoms with Crippen LogP contribution in [0.5, 0.6) is 0 Å². The molecule has 84 valence electrons. The zero-order valence-electron chi connectivity index (χ0n) is 9.41. The summed E-state index contributed by atoms with van der Waals surface area (Å²) < 4.78 is 1.18. The first-order valence-corrected chi connectivity index (χ1v) is 7.16. The third-order valence-corrected chi connectivity index (χ3v) is 4.74. The minimum atomic E-state index is 1.18. The van der Waals surface area contributed by atoms with Crippen molar-refractivity contribution in [3.05, 3.63) is 57.9 Å². The van der Waals surface area contributed by atoms with Gasteiger partial charge in [-0.3, -0.25) is 0 Å². The van der Waals surface area contributed by atoms with Crippen molar-refractivity contribution in [2.75, 3.05) is 0 Å². The van der Waals surface area contributed by atoms with Crippen LogP contribution in [0.15, 0.2) is 52.3 Å². The number of fused-ring (bicyclic) bond motifs is 1. The Hall–Kier alpha value is -1.12. The number of aryl methyl sites for hydroxylation is 1. The topological polar surface area (TPSA) is 0 Å². The van der Waals surface area contributed by atoms with Crippen LogP contribution in [0.25, 0.3) is 21.2 Å². The predicted octanol–water partition coefficient (Wildman–Crippen LogP) is 5.64. The average molecular weight is 303 g/mol. The molecule has 0 unspecified atom stereocenters. The highest BCUT2D eigenvalue weighted by Crippen LogP contribution is 2.38. The zero-order chi connectivity index (χ0) is 11.8. The molecule has 0 saturated carbocycles. The van der Waals surface area contributed by atoms with Crippen LogP contribution in [-0.4, -0.2) is 0 Å². The van der Waals surface area contributed by atoms with Crippen molar-refractivity contribution < 1.29 is 0 Å². The van der Waals surface area contributed by atoms with Gasteiger partial charge >= 0.3 is 0 Å². The molecule has 1 aromatic heterocycles. The lowest BCUT2D eigenvalue weighted by Gasteiger charge is -2.07. The Balaban J connectivity index is 2.39. The minimum absolute atomic E-state index is 1.18. The molecule has 3 rings (SSSR count). The highest BCUT2D eigenvalue weighted by Gasteiger charge is 2.09. The molecule has 0 aliphatic carbocycles. The number of hydrogen-bond acceptors (Lipinski definition) is 1. The molecule has 17 heavy (non-hydrogen) atoms. The van der Waals surface area contributed by atoms with Gasteiger partial charge in [0.15, 0.2) is 0 Å². The third-order valence-electron chi connectivity index (χ3n) is 2.87. The number of hydrogen-bond donors (Lipinski definition) is 0. The molecule has 1 heterocycles. The first-order chi connectivity index (χ1) is 8.25. The van der Waals surface area contributed by atoms with Crippen LogP contribution in [-0.2, 0) is 0 Å². The van der Waals surface area contributed by atoms with E-state index in [1.165, 1.54) is 31.2 Å². The quantitative estimate of drug-likeness (QED) is 0.546. The molecule has 0 atom stereocenters. The standard InChI is InChI=1S/C15H11BrS/c1-10-8-11-4-2-3-5-12(11)13(9-10)15-14(16)6-7-17-15/h2-9H,1H3. The molecule has 0 nitrogen and oxygen atoms in total. The Bertz CT molecular complexity index is 682. The third kappa shape index (κ3) is 1.92. The first kappa shape index (κ1) is 11.0. The first-order valence-electron chi connectivity index (χ1n) is 5.48. The second-order valence-electron chi connectivity index (χ2n) is 4.13. The number of benzene rings is 2. The van der Waals surface area contributed by atoms with Gasteiger partial charge in [0.25, 0.3) is 0 Å². The normalized spacial score (nSPS) is 10.9. The molecular weight excluding hydrogens is 292 g/mol. The molecule has 0 amide bonds. The Morgan fingerprint density at radius 2 is 1.88 bits per heavy atom. The molecule has 0 aliphatic rings. The largest absolute Gasteiger partial charge is 0.143 e. The summed E-state index contributed by atoms with van der Waals surface area (Å²) in [6, 6.07) is 15.2. The summed E-state index contributed by atoms with van der Waals surface area (Å²) in [6.45, 7) is 2.15. The Morgan fingerprint density at radius 3 is 2.65 bits per heavy atom. The van der Waals surface area contributed by atoms with Crippen molar-refractivity contribution >= 4 is 38.0 Å². The molecule has 0 N–H and O–H groups in total. The fourth-order valence-electron chi connectivity index (χ4n) is 2.13. The maximum absolute atomic E-state index is 3.62. The lowest BCUT2D eigenvalue weighted by molar-refractivity contribution is 1.50. The van der Waals surface area contributed by atoms with E-state index in [4.69, 9.17) is 0 Å². The van der Waals surface area contributed by atoms with Crippen LogP contribution in [0, 0.1) is 6.92 Å². The van der Waals surface area contributed by atoms with Crippen molar-refractivity contribution in [1.29, 1.82) is 0 Å². The second kappa shape index (κ2) is 4.28. The average Bonchev–Trinajstić information content (AvgIpc) is 2.74. The van der Waals surface area contributed by atoms with Crippen molar-refractivity contribution in [1.82, 2.24) is 0 Å². The summed E-state index contributed by atoms with van der Waals surface area (Å²) in [4.78, 5) is 1.31. The highest BCUT2D eigenvalue weighted by molar-refractivity contribution is 9.10. The Kier molecular flexibility index (Phi) is 2.77. The molecule has 0 aliphatic heterocycles. The van der Waals surface area contributed by atoms with E-state index in [1.807, 2.05) is 0 Å². The van der Waals surface area contributed by atoms with E-state index in [0.29, 0.717) is 0 Å². The summed E-state index contributed by atoms with van der Waals surface area (Å²) in [5, 5.41) is 4.75. The van der Waals surface area contributed by atoms with E-state index in [2.05, 4.69) is 70.7 Å². The van der Waals surface area contributed by atoms with E-state index in [1.54, 1.807) is 11.3 Å². The molecule has 0 bridgehead atoms. The summed E-state index contributed by atoms with van der Waals surface area (Å²) in [7, 11) is 0. The van der Waals surface area contributed by atoms with Gasteiger partial charge in [-0.2, -0.15) is 0 Å². The molecule has 0 saturated heterocycles. The fourth-order valence-corrected chi connectivity index (χ4v) is 3.75. The van der Waals surface area contributed by atoms with Crippen molar-refractivity contribution in [3.63, 3.8) is 0 Å². The molecule has 0 radical (unpaired) electrons. The van der Waals surface area contributed by atoms with Gasteiger partial charge in [-0.05, 0) is 56.7 Å². The zero-order valence-corrected chi connectivity index (χ0v) is 11.8. The van der Waals surface area contributed by atoms with E-state index < -0.39 is 0 Å². The summed E-state index contributed by atoms with van der Waals surface area (Å²) in [5.74, 6) is 0. The van der Waals surface area contributed by atoms with Gasteiger partial charge in [-0.1, -0.05) is 30.3 Å². The smallest absolute Gasteiger partial charge is 0.0491 e. The van der Waals surface area contributed by atoms with Crippen LogP contribution in [0.1, 0.15) is 5.56 Å². The van der Waals surface area contributed by atoms with Gasteiger partial charge in [0.05, 0.1) is 0 Å². The van der Waals surface area contributed by atoms with E-state index in [9.17, 15) is 0 Å². The predicted molar refractivity (Wildman–Crippen MR) is 79.7 cm³/mol. The van der Waals surface area contributed by atoms with Gasteiger partial charge in [0.1, 0.15) is 0 Å². The van der Waals surface area contributed by atoms with Crippen molar-refractivity contribution in [3.8, 4) is 10.4 Å².